The second-order valence-electron chi connectivity index (χ2n) is 4.56. The van der Waals surface area contributed by atoms with E-state index in [1.807, 2.05) is 6.07 Å². The highest BCUT2D eigenvalue weighted by molar-refractivity contribution is 7.99. The van der Waals surface area contributed by atoms with Crippen molar-refractivity contribution < 1.29 is 13.2 Å². The normalized spacial score (nSPS) is 12.9. The molecule has 5 nitrogen and oxygen atoms in total. The number of carbonyl (C=O) groups excluding carboxylic acids is 1. The summed E-state index contributed by atoms with van der Waals surface area (Å²) in [5.41, 5.74) is 6.67. The number of nitrogens with two attached hydrogens (primary N) is 1. The molecule has 0 fully saturated rings. The van der Waals surface area contributed by atoms with Crippen LogP contribution in [0.25, 0.3) is 0 Å². The Bertz CT molecular complexity index is 585. The van der Waals surface area contributed by atoms with Crippen LogP contribution < -0.4 is 11.1 Å². The molecule has 0 spiro atoms. The van der Waals surface area contributed by atoms with Crippen LogP contribution in [0.15, 0.2) is 23.1 Å². The molecular formula is C13H20N2O3S2. The minimum Gasteiger partial charge on any atom is -0.397 e. The van der Waals surface area contributed by atoms with Gasteiger partial charge in [-0.05, 0) is 37.3 Å². The second-order valence-corrected chi connectivity index (χ2v) is 8.09. The Morgan fingerprint density at radius 2 is 2.10 bits per heavy atom. The van der Waals surface area contributed by atoms with Gasteiger partial charge < -0.3 is 11.1 Å². The summed E-state index contributed by atoms with van der Waals surface area (Å²) in [7, 11) is -3.42. The van der Waals surface area contributed by atoms with E-state index in [2.05, 4.69) is 12.2 Å². The standard InChI is InChI=1S/C13H20N2O3S2/c1-4-7-19-10-5-6-11(14)12(8-10)15-13(16)9(2)20(3,17)18/h5-6,8-9H,4,7,14H2,1-3H3,(H,15,16). The molecule has 0 aliphatic heterocycles. The molecule has 0 aliphatic rings. The number of sulfone groups is 1. The smallest absolute Gasteiger partial charge is 0.242 e. The van der Waals surface area contributed by atoms with Crippen LogP contribution in [-0.4, -0.2) is 31.6 Å². The highest BCUT2D eigenvalue weighted by Gasteiger charge is 2.24. The molecular weight excluding hydrogens is 296 g/mol. The molecule has 112 valence electrons. The van der Waals surface area contributed by atoms with Crippen LogP contribution in [0.1, 0.15) is 20.3 Å². The zero-order chi connectivity index (χ0) is 15.3. The van der Waals surface area contributed by atoms with Gasteiger partial charge in [0.25, 0.3) is 0 Å². The number of benzene rings is 1. The van der Waals surface area contributed by atoms with Gasteiger partial charge in [0.05, 0.1) is 11.4 Å². The molecule has 1 aromatic carbocycles. The van der Waals surface area contributed by atoms with Crippen molar-refractivity contribution in [3.05, 3.63) is 18.2 Å². The molecule has 7 heteroatoms. The molecule has 0 saturated carbocycles. The van der Waals surface area contributed by atoms with E-state index < -0.39 is 21.0 Å². The SMILES string of the molecule is CCCSc1ccc(N)c(NC(=O)C(C)S(C)(=O)=O)c1. The van der Waals surface area contributed by atoms with Crippen LogP contribution in [-0.2, 0) is 14.6 Å². The first-order valence-corrected chi connectivity index (χ1v) is 9.21. The summed E-state index contributed by atoms with van der Waals surface area (Å²) in [4.78, 5) is 12.9. The Morgan fingerprint density at radius 1 is 1.45 bits per heavy atom. The van der Waals surface area contributed by atoms with Gasteiger partial charge >= 0.3 is 0 Å². The third-order valence-corrected chi connectivity index (χ3v) is 5.47. The molecule has 0 aliphatic carbocycles. The Hall–Kier alpha value is -1.21. The van der Waals surface area contributed by atoms with Crippen molar-refractivity contribution in [2.75, 3.05) is 23.1 Å². The largest absolute Gasteiger partial charge is 0.397 e. The van der Waals surface area contributed by atoms with E-state index in [1.165, 1.54) is 6.92 Å². The van der Waals surface area contributed by atoms with Gasteiger partial charge in [-0.25, -0.2) is 8.42 Å². The highest BCUT2D eigenvalue weighted by Crippen LogP contribution is 2.27. The fraction of sp³-hybridized carbons (Fsp3) is 0.462. The molecule has 1 amide bonds. The number of carbonyl (C=O) groups is 1. The molecule has 0 heterocycles. The molecule has 0 bridgehead atoms. The lowest BCUT2D eigenvalue weighted by Crippen LogP contribution is -2.32. The van der Waals surface area contributed by atoms with E-state index in [4.69, 9.17) is 5.73 Å². The number of anilines is 2. The van der Waals surface area contributed by atoms with Gasteiger partial charge in [-0.3, -0.25) is 4.79 Å². The van der Waals surface area contributed by atoms with Gasteiger partial charge in [0, 0.05) is 11.2 Å². The van der Waals surface area contributed by atoms with E-state index in [9.17, 15) is 13.2 Å². The maximum Gasteiger partial charge on any atom is 0.242 e. The van der Waals surface area contributed by atoms with Crippen molar-refractivity contribution in [1.29, 1.82) is 0 Å². The van der Waals surface area contributed by atoms with Gasteiger partial charge in [-0.1, -0.05) is 6.92 Å². The molecule has 1 rings (SSSR count). The van der Waals surface area contributed by atoms with E-state index in [-0.39, 0.29) is 0 Å². The van der Waals surface area contributed by atoms with Gasteiger partial charge in [0.15, 0.2) is 9.84 Å². The summed E-state index contributed by atoms with van der Waals surface area (Å²) in [5, 5.41) is 1.47. The predicted octanol–water partition coefficient (Wildman–Crippen LogP) is 2.14. The highest BCUT2D eigenvalue weighted by atomic mass is 32.2. The molecule has 0 saturated heterocycles. The number of hydrogen-bond acceptors (Lipinski definition) is 5. The first-order valence-electron chi connectivity index (χ1n) is 6.27. The maximum atomic E-state index is 11.9. The predicted molar refractivity (Wildman–Crippen MR) is 84.8 cm³/mol. The molecule has 20 heavy (non-hydrogen) atoms. The molecule has 1 unspecified atom stereocenters. The average Bonchev–Trinajstić information content (AvgIpc) is 2.37. The monoisotopic (exact) mass is 316 g/mol. The third kappa shape index (κ3) is 4.72. The number of rotatable bonds is 6. The van der Waals surface area contributed by atoms with Crippen molar-refractivity contribution in [1.82, 2.24) is 0 Å². The van der Waals surface area contributed by atoms with Crippen LogP contribution in [0.5, 0.6) is 0 Å². The minimum absolute atomic E-state index is 0.417. The molecule has 1 atom stereocenters. The summed E-state index contributed by atoms with van der Waals surface area (Å²) < 4.78 is 22.7. The first kappa shape index (κ1) is 16.8. The quantitative estimate of drug-likeness (QED) is 0.620. The van der Waals surface area contributed by atoms with Crippen LogP contribution >= 0.6 is 11.8 Å². The number of thioether (sulfide) groups is 1. The number of amides is 1. The van der Waals surface area contributed by atoms with E-state index in [0.717, 1.165) is 23.3 Å². The Balaban J connectivity index is 2.88. The van der Waals surface area contributed by atoms with Crippen molar-refractivity contribution in [2.45, 2.75) is 30.4 Å². The van der Waals surface area contributed by atoms with Crippen LogP contribution in [0, 0.1) is 0 Å². The number of hydrogen-bond donors (Lipinski definition) is 2. The van der Waals surface area contributed by atoms with Gasteiger partial charge in [-0.2, -0.15) is 0 Å². The molecule has 0 radical (unpaired) electrons. The fourth-order valence-electron chi connectivity index (χ4n) is 1.38. The lowest BCUT2D eigenvalue weighted by Gasteiger charge is -2.13. The van der Waals surface area contributed by atoms with E-state index >= 15 is 0 Å². The Morgan fingerprint density at radius 3 is 2.65 bits per heavy atom. The molecule has 1 aromatic rings. The lowest BCUT2D eigenvalue weighted by molar-refractivity contribution is -0.115. The van der Waals surface area contributed by atoms with Crippen LogP contribution in [0.3, 0.4) is 0 Å². The van der Waals surface area contributed by atoms with Crippen molar-refractivity contribution in [2.24, 2.45) is 0 Å². The third-order valence-electron chi connectivity index (χ3n) is 2.77. The van der Waals surface area contributed by atoms with Crippen molar-refractivity contribution >= 4 is 38.9 Å². The van der Waals surface area contributed by atoms with Gasteiger partial charge in [0.2, 0.25) is 5.91 Å². The molecule has 0 aromatic heterocycles. The van der Waals surface area contributed by atoms with Gasteiger partial charge in [-0.15, -0.1) is 11.8 Å². The zero-order valence-electron chi connectivity index (χ0n) is 11.8. The number of nitrogen functional groups attached to an aromatic ring is 1. The van der Waals surface area contributed by atoms with Crippen molar-refractivity contribution in [3.8, 4) is 0 Å². The second kappa shape index (κ2) is 6.99. The lowest BCUT2D eigenvalue weighted by atomic mass is 10.2. The van der Waals surface area contributed by atoms with Gasteiger partial charge in [0.1, 0.15) is 5.25 Å². The Labute approximate surface area is 124 Å². The van der Waals surface area contributed by atoms with Crippen molar-refractivity contribution in [3.63, 3.8) is 0 Å². The summed E-state index contributed by atoms with van der Waals surface area (Å²) in [6.07, 6.45) is 2.08. The van der Waals surface area contributed by atoms with Crippen LogP contribution in [0.2, 0.25) is 0 Å². The Kier molecular flexibility index (Phi) is 5.88. The summed E-state index contributed by atoms with van der Waals surface area (Å²) in [6.45, 7) is 3.44. The first-order chi connectivity index (χ1) is 9.25. The van der Waals surface area contributed by atoms with E-state index in [1.54, 1.807) is 23.9 Å². The topological polar surface area (TPSA) is 89.3 Å². The van der Waals surface area contributed by atoms with Crippen LogP contribution in [0.4, 0.5) is 11.4 Å². The molecule has 3 N–H and O–H groups in total. The maximum absolute atomic E-state index is 11.9. The summed E-state index contributed by atoms with van der Waals surface area (Å²) in [5.74, 6) is 0.397. The number of nitrogens with one attached hydrogen (secondary N) is 1. The minimum atomic E-state index is -3.42. The van der Waals surface area contributed by atoms with E-state index in [0.29, 0.717) is 11.4 Å². The summed E-state index contributed by atoms with van der Waals surface area (Å²) in [6, 6.07) is 5.35. The fourth-order valence-corrected chi connectivity index (χ4v) is 2.64. The zero-order valence-corrected chi connectivity index (χ0v) is 13.5. The summed E-state index contributed by atoms with van der Waals surface area (Å²) >= 11 is 1.66. The average molecular weight is 316 g/mol.